The average Bonchev–Trinajstić information content (AvgIpc) is 3.08. The van der Waals surface area contributed by atoms with Crippen LogP contribution in [0, 0.1) is 30.2 Å². The SMILES string of the molecule is Cc1nc(-c2cc(-c3ccncc3F)cc(-c3ccncc3F)c2)cc(-c2cc(-c3ccncc3F)cc(-c3ccncc3F)c2)n1. The van der Waals surface area contributed by atoms with Crippen LogP contribution in [-0.4, -0.2) is 29.9 Å². The second-order valence-electron chi connectivity index (χ2n) is 10.7. The molecule has 6 nitrogen and oxygen atoms in total. The van der Waals surface area contributed by atoms with Crippen molar-refractivity contribution in [1.29, 1.82) is 0 Å². The van der Waals surface area contributed by atoms with Gasteiger partial charge in [-0.15, -0.1) is 0 Å². The smallest absolute Gasteiger partial charge is 0.149 e. The Kier molecular flexibility index (Phi) is 7.75. The fourth-order valence-corrected chi connectivity index (χ4v) is 5.47. The Bertz CT molecular complexity index is 2010. The summed E-state index contributed by atoms with van der Waals surface area (Å²) >= 11 is 0. The van der Waals surface area contributed by atoms with E-state index in [0.717, 1.165) is 24.8 Å². The van der Waals surface area contributed by atoms with Crippen LogP contribution < -0.4 is 0 Å². The maximum absolute atomic E-state index is 15.0. The molecule has 228 valence electrons. The molecule has 0 aliphatic rings. The molecular formula is C37H22F4N6. The van der Waals surface area contributed by atoms with Crippen molar-refractivity contribution >= 4 is 0 Å². The third-order valence-corrected chi connectivity index (χ3v) is 7.63. The predicted molar refractivity (Wildman–Crippen MR) is 170 cm³/mol. The summed E-state index contributed by atoms with van der Waals surface area (Å²) in [6.07, 6.45) is 10.4. The van der Waals surface area contributed by atoms with Gasteiger partial charge in [0.1, 0.15) is 29.1 Å². The van der Waals surface area contributed by atoms with Gasteiger partial charge in [0.2, 0.25) is 0 Å². The largest absolute Gasteiger partial charge is 0.262 e. The van der Waals surface area contributed by atoms with Crippen molar-refractivity contribution in [1.82, 2.24) is 29.9 Å². The highest BCUT2D eigenvalue weighted by atomic mass is 19.1. The first-order valence-corrected chi connectivity index (χ1v) is 14.4. The summed E-state index contributed by atoms with van der Waals surface area (Å²) in [5.74, 6) is -1.75. The number of aromatic nitrogens is 6. The number of rotatable bonds is 6. The molecule has 7 aromatic rings. The van der Waals surface area contributed by atoms with Crippen LogP contribution in [0.15, 0.2) is 116 Å². The van der Waals surface area contributed by atoms with E-state index in [9.17, 15) is 17.6 Å². The van der Waals surface area contributed by atoms with Crippen LogP contribution in [0.5, 0.6) is 0 Å². The molecule has 0 unspecified atom stereocenters. The van der Waals surface area contributed by atoms with E-state index < -0.39 is 23.3 Å². The lowest BCUT2D eigenvalue weighted by Gasteiger charge is -2.14. The molecule has 0 amide bonds. The van der Waals surface area contributed by atoms with E-state index in [1.54, 1.807) is 73.7 Å². The zero-order valence-electron chi connectivity index (χ0n) is 24.7. The molecule has 5 aromatic heterocycles. The van der Waals surface area contributed by atoms with Crippen LogP contribution in [0.3, 0.4) is 0 Å². The molecule has 0 saturated carbocycles. The minimum absolute atomic E-state index is 0.277. The Hall–Kier alpha value is -6.16. The van der Waals surface area contributed by atoms with Gasteiger partial charge in [-0.25, -0.2) is 27.5 Å². The van der Waals surface area contributed by atoms with Gasteiger partial charge < -0.3 is 0 Å². The van der Waals surface area contributed by atoms with Crippen LogP contribution in [-0.2, 0) is 0 Å². The van der Waals surface area contributed by atoms with E-state index in [1.165, 1.54) is 24.8 Å². The molecule has 7 rings (SSSR count). The van der Waals surface area contributed by atoms with E-state index >= 15 is 0 Å². The first-order chi connectivity index (χ1) is 22.8. The van der Waals surface area contributed by atoms with Crippen molar-refractivity contribution in [2.24, 2.45) is 0 Å². The first kappa shape index (κ1) is 29.5. The molecule has 5 heterocycles. The summed E-state index contributed by atoms with van der Waals surface area (Å²) in [6.45, 7) is 1.72. The number of pyridine rings is 4. The van der Waals surface area contributed by atoms with Gasteiger partial charge in [-0.1, -0.05) is 0 Å². The summed E-state index contributed by atoms with van der Waals surface area (Å²) in [4.78, 5) is 24.8. The van der Waals surface area contributed by atoms with Crippen LogP contribution in [0.2, 0.25) is 0 Å². The van der Waals surface area contributed by atoms with E-state index in [2.05, 4.69) is 29.9 Å². The van der Waals surface area contributed by atoms with Crippen molar-refractivity contribution in [3.63, 3.8) is 0 Å². The van der Waals surface area contributed by atoms with Crippen molar-refractivity contribution in [2.45, 2.75) is 6.92 Å². The average molecular weight is 627 g/mol. The summed E-state index contributed by atoms with van der Waals surface area (Å²) in [6, 6.07) is 18.3. The Balaban J connectivity index is 1.43. The fraction of sp³-hybridized carbons (Fsp3) is 0.0270. The van der Waals surface area contributed by atoms with Gasteiger partial charge >= 0.3 is 0 Å². The molecule has 0 atom stereocenters. The van der Waals surface area contributed by atoms with Gasteiger partial charge in [0.25, 0.3) is 0 Å². The quantitative estimate of drug-likeness (QED) is 0.172. The molecule has 0 aliphatic heterocycles. The maximum atomic E-state index is 15.0. The summed E-state index contributed by atoms with van der Waals surface area (Å²) < 4.78 is 59.8. The number of hydrogen-bond donors (Lipinski definition) is 0. The van der Waals surface area contributed by atoms with Gasteiger partial charge in [0.15, 0.2) is 0 Å². The molecule has 0 radical (unpaired) electrons. The molecule has 47 heavy (non-hydrogen) atoms. The van der Waals surface area contributed by atoms with Gasteiger partial charge in [-0.05, 0) is 95.9 Å². The van der Waals surface area contributed by atoms with Crippen molar-refractivity contribution in [2.75, 3.05) is 0 Å². The maximum Gasteiger partial charge on any atom is 0.149 e. The molecule has 0 saturated heterocycles. The number of benzene rings is 2. The van der Waals surface area contributed by atoms with E-state index in [0.29, 0.717) is 50.6 Å². The standard InChI is InChI=1S/C37H22F4N6/c1-21-46-36(26-12-22(28-2-6-42-17-32(28)38)10-23(13-26)29-3-7-43-18-33(29)39)16-37(47-21)27-14-24(30-4-8-44-19-34(30)40)11-25(15-27)31-5-9-45-20-35(31)41/h2-20H,1H3. The van der Waals surface area contributed by atoms with E-state index in [-0.39, 0.29) is 22.3 Å². The van der Waals surface area contributed by atoms with Gasteiger partial charge in [-0.3, -0.25) is 19.9 Å². The lowest BCUT2D eigenvalue weighted by atomic mass is 9.93. The van der Waals surface area contributed by atoms with Crippen molar-refractivity contribution < 1.29 is 17.6 Å². The molecule has 0 bridgehead atoms. The third-order valence-electron chi connectivity index (χ3n) is 7.63. The summed E-state index contributed by atoms with van der Waals surface area (Å²) in [7, 11) is 0. The van der Waals surface area contributed by atoms with Crippen molar-refractivity contribution in [3.8, 4) is 67.0 Å². The van der Waals surface area contributed by atoms with Crippen LogP contribution in [0.25, 0.3) is 67.0 Å². The lowest BCUT2D eigenvalue weighted by molar-refractivity contribution is 0.624. The summed E-state index contributed by atoms with van der Waals surface area (Å²) in [5, 5.41) is 0. The monoisotopic (exact) mass is 626 g/mol. The summed E-state index contributed by atoms with van der Waals surface area (Å²) in [5.41, 5.74) is 5.11. The van der Waals surface area contributed by atoms with E-state index in [1.807, 2.05) is 0 Å². The Morgan fingerprint density at radius 3 is 0.936 bits per heavy atom. The van der Waals surface area contributed by atoms with E-state index in [4.69, 9.17) is 0 Å². The number of halogens is 4. The molecule has 0 N–H and O–H groups in total. The lowest BCUT2D eigenvalue weighted by Crippen LogP contribution is -1.97. The Labute approximate surface area is 266 Å². The van der Waals surface area contributed by atoms with Gasteiger partial charge in [-0.2, -0.15) is 0 Å². The highest BCUT2D eigenvalue weighted by Crippen LogP contribution is 2.37. The van der Waals surface area contributed by atoms with Crippen LogP contribution in [0.1, 0.15) is 5.82 Å². The highest BCUT2D eigenvalue weighted by molar-refractivity contribution is 5.84. The van der Waals surface area contributed by atoms with Gasteiger partial charge in [0, 0.05) is 58.2 Å². The zero-order valence-corrected chi connectivity index (χ0v) is 24.7. The molecule has 10 heteroatoms. The number of aryl methyl sites for hydroxylation is 1. The first-order valence-electron chi connectivity index (χ1n) is 14.4. The molecule has 2 aromatic carbocycles. The Morgan fingerprint density at radius 1 is 0.383 bits per heavy atom. The second kappa shape index (κ2) is 12.3. The molecule has 0 spiro atoms. The molecule has 0 fully saturated rings. The van der Waals surface area contributed by atoms with Crippen LogP contribution in [0.4, 0.5) is 17.6 Å². The normalized spacial score (nSPS) is 11.1. The fourth-order valence-electron chi connectivity index (χ4n) is 5.47. The minimum atomic E-state index is -0.540. The topological polar surface area (TPSA) is 77.3 Å². The van der Waals surface area contributed by atoms with Gasteiger partial charge in [0.05, 0.1) is 36.2 Å². The number of hydrogen-bond acceptors (Lipinski definition) is 6. The van der Waals surface area contributed by atoms with Crippen LogP contribution >= 0.6 is 0 Å². The number of nitrogens with zero attached hydrogens (tertiary/aromatic N) is 6. The second-order valence-corrected chi connectivity index (χ2v) is 10.7. The highest BCUT2D eigenvalue weighted by Gasteiger charge is 2.17. The molecule has 0 aliphatic carbocycles. The Morgan fingerprint density at radius 2 is 0.660 bits per heavy atom. The third kappa shape index (κ3) is 5.96. The zero-order chi connectivity index (χ0) is 32.5. The minimum Gasteiger partial charge on any atom is -0.262 e. The predicted octanol–water partition coefficient (Wildman–Crippen LogP) is 8.92. The molecular weight excluding hydrogens is 604 g/mol. The van der Waals surface area contributed by atoms with Crippen molar-refractivity contribution in [3.05, 3.63) is 145 Å².